The maximum absolute atomic E-state index is 11.8. The molecule has 0 bridgehead atoms. The monoisotopic (exact) mass is 320 g/mol. The molecule has 118 valence electrons. The summed E-state index contributed by atoms with van der Waals surface area (Å²) in [4.78, 5) is 11.8. The van der Waals surface area contributed by atoms with Gasteiger partial charge in [0.2, 0.25) is 5.91 Å². The van der Waals surface area contributed by atoms with Gasteiger partial charge in [0, 0.05) is 19.2 Å². The van der Waals surface area contributed by atoms with Gasteiger partial charge in [0.25, 0.3) is 0 Å². The highest BCUT2D eigenvalue weighted by Crippen LogP contribution is 2.26. The van der Waals surface area contributed by atoms with Crippen molar-refractivity contribution in [3.05, 3.63) is 24.3 Å². The highest BCUT2D eigenvalue weighted by Gasteiger charge is 2.18. The Bertz CT molecular complexity index is 639. The number of rotatable bonds is 6. The van der Waals surface area contributed by atoms with Crippen molar-refractivity contribution in [2.75, 3.05) is 13.7 Å². The average Bonchev–Trinajstić information content (AvgIpc) is 2.88. The van der Waals surface area contributed by atoms with E-state index in [0.29, 0.717) is 11.7 Å². The fraction of sp³-hybridized carbons (Fsp3) is 0.400. The predicted molar refractivity (Wildman–Crippen MR) is 87.0 cm³/mol. The van der Waals surface area contributed by atoms with Gasteiger partial charge in [-0.25, -0.2) is 0 Å². The van der Waals surface area contributed by atoms with E-state index in [9.17, 15) is 4.79 Å². The number of hydrogen-bond donors (Lipinski definition) is 1. The number of aromatic nitrogens is 3. The standard InChI is InChI=1S/C15H20N4O2S/c1-5-16-14(20)10(2)22-15-18-17-13(19(15)3)11-6-8-12(21-4)9-7-11/h6-10H,5H2,1-4H3,(H,16,20)/t10-/m1/s1. The highest BCUT2D eigenvalue weighted by molar-refractivity contribution is 8.00. The van der Waals surface area contributed by atoms with Gasteiger partial charge >= 0.3 is 0 Å². The van der Waals surface area contributed by atoms with Crippen LogP contribution in [-0.4, -0.2) is 39.6 Å². The number of carbonyl (C=O) groups is 1. The Hall–Kier alpha value is -2.02. The second-order valence-corrected chi connectivity index (χ2v) is 6.06. The van der Waals surface area contributed by atoms with Gasteiger partial charge in [-0.05, 0) is 38.1 Å². The van der Waals surface area contributed by atoms with Gasteiger partial charge in [-0.3, -0.25) is 4.79 Å². The number of nitrogens with zero attached hydrogens (tertiary/aromatic N) is 3. The minimum Gasteiger partial charge on any atom is -0.497 e. The van der Waals surface area contributed by atoms with Crippen LogP contribution in [0, 0.1) is 0 Å². The van der Waals surface area contributed by atoms with Crippen LogP contribution in [-0.2, 0) is 11.8 Å². The number of hydrogen-bond acceptors (Lipinski definition) is 5. The number of amides is 1. The highest BCUT2D eigenvalue weighted by atomic mass is 32.2. The molecule has 0 spiro atoms. The maximum atomic E-state index is 11.8. The van der Waals surface area contributed by atoms with Gasteiger partial charge in [0.05, 0.1) is 12.4 Å². The van der Waals surface area contributed by atoms with Crippen LogP contribution in [0.4, 0.5) is 0 Å². The first-order valence-electron chi connectivity index (χ1n) is 7.05. The summed E-state index contributed by atoms with van der Waals surface area (Å²) in [5.41, 5.74) is 0.952. The largest absolute Gasteiger partial charge is 0.497 e. The zero-order valence-electron chi connectivity index (χ0n) is 13.2. The minimum atomic E-state index is -0.216. The first kappa shape index (κ1) is 16.4. The summed E-state index contributed by atoms with van der Waals surface area (Å²) in [6, 6.07) is 7.64. The molecule has 1 atom stereocenters. The quantitative estimate of drug-likeness (QED) is 0.826. The SMILES string of the molecule is CCNC(=O)[C@@H](C)Sc1nnc(-c2ccc(OC)cc2)n1C. The minimum absolute atomic E-state index is 0.00139. The lowest BCUT2D eigenvalue weighted by Gasteiger charge is -2.10. The van der Waals surface area contributed by atoms with E-state index in [1.807, 2.05) is 49.7 Å². The van der Waals surface area contributed by atoms with Crippen LogP contribution in [0.1, 0.15) is 13.8 Å². The average molecular weight is 320 g/mol. The van der Waals surface area contributed by atoms with E-state index in [4.69, 9.17) is 4.74 Å². The van der Waals surface area contributed by atoms with Gasteiger partial charge in [-0.1, -0.05) is 11.8 Å². The summed E-state index contributed by atoms with van der Waals surface area (Å²) in [5, 5.41) is 11.7. The molecular weight excluding hydrogens is 300 g/mol. The summed E-state index contributed by atoms with van der Waals surface area (Å²) in [6.45, 7) is 4.39. The van der Waals surface area contributed by atoms with Crippen LogP contribution in [0.15, 0.2) is 29.4 Å². The lowest BCUT2D eigenvalue weighted by atomic mass is 10.2. The maximum Gasteiger partial charge on any atom is 0.233 e. The Morgan fingerprint density at radius 3 is 2.64 bits per heavy atom. The number of ether oxygens (including phenoxy) is 1. The molecule has 0 unspecified atom stereocenters. The van der Waals surface area contributed by atoms with Crippen molar-refractivity contribution >= 4 is 17.7 Å². The van der Waals surface area contributed by atoms with Crippen molar-refractivity contribution in [1.29, 1.82) is 0 Å². The Morgan fingerprint density at radius 1 is 1.36 bits per heavy atom. The molecule has 0 aliphatic carbocycles. The van der Waals surface area contributed by atoms with E-state index in [-0.39, 0.29) is 11.2 Å². The van der Waals surface area contributed by atoms with E-state index in [2.05, 4.69) is 15.5 Å². The fourth-order valence-corrected chi connectivity index (χ4v) is 2.78. The molecule has 0 fully saturated rings. The van der Waals surface area contributed by atoms with Crippen LogP contribution in [0.3, 0.4) is 0 Å². The summed E-state index contributed by atoms with van der Waals surface area (Å²) in [6.07, 6.45) is 0. The fourth-order valence-electron chi connectivity index (χ4n) is 1.94. The predicted octanol–water partition coefficient (Wildman–Crippen LogP) is 2.11. The first-order valence-corrected chi connectivity index (χ1v) is 7.93. The van der Waals surface area contributed by atoms with Gasteiger partial charge < -0.3 is 14.6 Å². The molecule has 7 heteroatoms. The zero-order chi connectivity index (χ0) is 16.1. The van der Waals surface area contributed by atoms with Crippen molar-refractivity contribution in [3.63, 3.8) is 0 Å². The first-order chi connectivity index (χ1) is 10.6. The Morgan fingerprint density at radius 2 is 2.05 bits per heavy atom. The van der Waals surface area contributed by atoms with Crippen molar-refractivity contribution in [2.24, 2.45) is 7.05 Å². The van der Waals surface area contributed by atoms with Crippen LogP contribution >= 0.6 is 11.8 Å². The molecule has 2 aromatic rings. The van der Waals surface area contributed by atoms with E-state index < -0.39 is 0 Å². The second kappa shape index (κ2) is 7.31. The molecule has 0 radical (unpaired) electrons. The number of nitrogens with one attached hydrogen (secondary N) is 1. The molecule has 1 N–H and O–H groups in total. The Labute approximate surface area is 134 Å². The third-order valence-electron chi connectivity index (χ3n) is 3.19. The molecule has 22 heavy (non-hydrogen) atoms. The molecule has 0 aliphatic heterocycles. The van der Waals surface area contributed by atoms with Crippen LogP contribution in [0.5, 0.6) is 5.75 Å². The molecule has 6 nitrogen and oxygen atoms in total. The normalized spacial score (nSPS) is 12.0. The third-order valence-corrected chi connectivity index (χ3v) is 4.32. The molecule has 1 aromatic carbocycles. The van der Waals surface area contributed by atoms with E-state index in [0.717, 1.165) is 17.1 Å². The van der Waals surface area contributed by atoms with Crippen molar-refractivity contribution in [3.8, 4) is 17.1 Å². The van der Waals surface area contributed by atoms with E-state index in [1.54, 1.807) is 7.11 Å². The van der Waals surface area contributed by atoms with Crippen molar-refractivity contribution in [1.82, 2.24) is 20.1 Å². The number of thioether (sulfide) groups is 1. The van der Waals surface area contributed by atoms with Gasteiger partial charge in [0.15, 0.2) is 11.0 Å². The molecule has 1 amide bonds. The molecule has 0 saturated heterocycles. The Kier molecular flexibility index (Phi) is 5.43. The van der Waals surface area contributed by atoms with Crippen LogP contribution in [0.2, 0.25) is 0 Å². The number of methoxy groups -OCH3 is 1. The second-order valence-electron chi connectivity index (χ2n) is 4.75. The lowest BCUT2D eigenvalue weighted by Crippen LogP contribution is -2.30. The topological polar surface area (TPSA) is 69.0 Å². The molecular formula is C15H20N4O2S. The van der Waals surface area contributed by atoms with Crippen LogP contribution < -0.4 is 10.1 Å². The van der Waals surface area contributed by atoms with E-state index in [1.165, 1.54) is 11.8 Å². The van der Waals surface area contributed by atoms with Gasteiger partial charge in [-0.15, -0.1) is 10.2 Å². The zero-order valence-corrected chi connectivity index (χ0v) is 14.0. The van der Waals surface area contributed by atoms with Crippen LogP contribution in [0.25, 0.3) is 11.4 Å². The molecule has 1 aromatic heterocycles. The Balaban J connectivity index is 2.16. The third kappa shape index (κ3) is 3.59. The molecule has 0 saturated carbocycles. The smallest absolute Gasteiger partial charge is 0.233 e. The lowest BCUT2D eigenvalue weighted by molar-refractivity contribution is -0.120. The molecule has 0 aliphatic rings. The molecule has 1 heterocycles. The van der Waals surface area contributed by atoms with Crippen molar-refractivity contribution in [2.45, 2.75) is 24.3 Å². The summed E-state index contributed by atoms with van der Waals surface area (Å²) < 4.78 is 7.04. The summed E-state index contributed by atoms with van der Waals surface area (Å²) in [7, 11) is 3.53. The molecule has 2 rings (SSSR count). The summed E-state index contributed by atoms with van der Waals surface area (Å²) in [5.74, 6) is 1.56. The number of carbonyl (C=O) groups excluding carboxylic acids is 1. The number of benzene rings is 1. The van der Waals surface area contributed by atoms with Gasteiger partial charge in [0.1, 0.15) is 5.75 Å². The summed E-state index contributed by atoms with van der Waals surface area (Å²) >= 11 is 1.39. The van der Waals surface area contributed by atoms with Gasteiger partial charge in [-0.2, -0.15) is 0 Å². The van der Waals surface area contributed by atoms with Crippen molar-refractivity contribution < 1.29 is 9.53 Å². The van der Waals surface area contributed by atoms with E-state index >= 15 is 0 Å².